The Bertz CT molecular complexity index is 611. The third kappa shape index (κ3) is 3.05. The molecule has 0 bridgehead atoms. The van der Waals surface area contributed by atoms with E-state index in [2.05, 4.69) is 0 Å². The van der Waals surface area contributed by atoms with E-state index in [1.165, 1.54) is 6.92 Å². The van der Waals surface area contributed by atoms with Crippen LogP contribution in [-0.2, 0) is 11.0 Å². The zero-order valence-corrected chi connectivity index (χ0v) is 11.5. The van der Waals surface area contributed by atoms with Crippen LogP contribution in [0.5, 0.6) is 0 Å². The summed E-state index contributed by atoms with van der Waals surface area (Å²) in [6.45, 7) is 1.24. The average molecular weight is 319 g/mol. The highest BCUT2D eigenvalue weighted by Crippen LogP contribution is 2.35. The first kappa shape index (κ1) is 16.3. The molecule has 0 saturated heterocycles. The number of rotatable bonds is 4. The molecule has 1 N–H and O–H groups in total. The third-order valence-electron chi connectivity index (χ3n) is 3.48. The zero-order chi connectivity index (χ0) is 16.7. The molecule has 1 amide bonds. The van der Waals surface area contributed by atoms with E-state index in [1.807, 2.05) is 0 Å². The molecule has 1 saturated carbocycles. The minimum Gasteiger partial charge on any atom is -0.480 e. The number of hydrogen-bond donors (Lipinski definition) is 1. The van der Waals surface area contributed by atoms with Crippen molar-refractivity contribution in [3.8, 4) is 0 Å². The van der Waals surface area contributed by atoms with Gasteiger partial charge in [0.1, 0.15) is 11.9 Å². The minimum atomic E-state index is -4.93. The smallest absolute Gasteiger partial charge is 0.419 e. The van der Waals surface area contributed by atoms with Crippen molar-refractivity contribution in [1.82, 2.24) is 4.90 Å². The lowest BCUT2D eigenvalue weighted by molar-refractivity contribution is -0.142. The Morgan fingerprint density at radius 1 is 1.32 bits per heavy atom. The van der Waals surface area contributed by atoms with Gasteiger partial charge in [0.15, 0.2) is 0 Å². The largest absolute Gasteiger partial charge is 0.480 e. The van der Waals surface area contributed by atoms with Gasteiger partial charge in [0.25, 0.3) is 5.91 Å². The number of carbonyl (C=O) groups excluding carboxylic acids is 1. The minimum absolute atomic E-state index is 0.382. The van der Waals surface area contributed by atoms with Gasteiger partial charge in [-0.3, -0.25) is 4.79 Å². The summed E-state index contributed by atoms with van der Waals surface area (Å²) in [5, 5.41) is 9.01. The molecular weight excluding hydrogens is 306 g/mol. The summed E-state index contributed by atoms with van der Waals surface area (Å²) in [5.41, 5.74) is -2.31. The van der Waals surface area contributed by atoms with E-state index >= 15 is 0 Å². The van der Waals surface area contributed by atoms with Gasteiger partial charge in [-0.25, -0.2) is 9.18 Å². The fourth-order valence-corrected chi connectivity index (χ4v) is 2.18. The molecule has 4 nitrogen and oxygen atoms in total. The second-order valence-electron chi connectivity index (χ2n) is 5.12. The zero-order valence-electron chi connectivity index (χ0n) is 11.5. The first-order chi connectivity index (χ1) is 10.1. The average Bonchev–Trinajstić information content (AvgIpc) is 3.22. The van der Waals surface area contributed by atoms with E-state index in [0.29, 0.717) is 18.9 Å². The van der Waals surface area contributed by atoms with E-state index in [-0.39, 0.29) is 6.04 Å². The van der Waals surface area contributed by atoms with Gasteiger partial charge in [-0.05, 0) is 31.9 Å². The number of benzene rings is 1. The summed E-state index contributed by atoms with van der Waals surface area (Å²) in [7, 11) is 0. The molecule has 1 aromatic rings. The second-order valence-corrected chi connectivity index (χ2v) is 5.12. The van der Waals surface area contributed by atoms with Crippen molar-refractivity contribution < 1.29 is 32.3 Å². The Labute approximate surface area is 123 Å². The predicted octanol–water partition coefficient (Wildman–Crippen LogP) is 2.92. The molecule has 0 radical (unpaired) electrons. The van der Waals surface area contributed by atoms with E-state index in [9.17, 15) is 27.2 Å². The van der Waals surface area contributed by atoms with Crippen molar-refractivity contribution in [2.24, 2.45) is 0 Å². The molecule has 22 heavy (non-hydrogen) atoms. The van der Waals surface area contributed by atoms with Gasteiger partial charge in [0.05, 0.1) is 11.1 Å². The molecule has 1 aliphatic carbocycles. The molecule has 120 valence electrons. The number of carbonyl (C=O) groups is 2. The molecule has 2 rings (SSSR count). The van der Waals surface area contributed by atoms with Gasteiger partial charge in [-0.1, -0.05) is 6.07 Å². The number of carboxylic acids is 1. The molecule has 0 aliphatic heterocycles. The van der Waals surface area contributed by atoms with Crippen molar-refractivity contribution in [2.75, 3.05) is 0 Å². The molecule has 0 spiro atoms. The summed E-state index contributed by atoms with van der Waals surface area (Å²) in [6, 6.07) is 0.766. The van der Waals surface area contributed by atoms with E-state index in [0.717, 1.165) is 17.0 Å². The summed E-state index contributed by atoms with van der Waals surface area (Å²) in [6.07, 6.45) is -3.84. The Morgan fingerprint density at radius 2 is 1.91 bits per heavy atom. The molecule has 0 aromatic heterocycles. The molecular formula is C14H13F4NO3. The number of hydrogen-bond acceptors (Lipinski definition) is 2. The van der Waals surface area contributed by atoms with Gasteiger partial charge in [0.2, 0.25) is 0 Å². The molecule has 1 unspecified atom stereocenters. The van der Waals surface area contributed by atoms with E-state index in [1.54, 1.807) is 0 Å². The van der Waals surface area contributed by atoms with Crippen LogP contribution in [0.3, 0.4) is 0 Å². The highest BCUT2D eigenvalue weighted by atomic mass is 19.4. The van der Waals surface area contributed by atoms with Crippen LogP contribution >= 0.6 is 0 Å². The lowest BCUT2D eigenvalue weighted by Gasteiger charge is -2.27. The highest BCUT2D eigenvalue weighted by Gasteiger charge is 2.41. The first-order valence-corrected chi connectivity index (χ1v) is 6.55. The number of amides is 1. The Balaban J connectivity index is 2.42. The van der Waals surface area contributed by atoms with Crippen LogP contribution in [0, 0.1) is 5.82 Å². The van der Waals surface area contributed by atoms with Gasteiger partial charge >= 0.3 is 12.1 Å². The summed E-state index contributed by atoms with van der Waals surface area (Å²) < 4.78 is 52.1. The third-order valence-corrected chi connectivity index (χ3v) is 3.48. The van der Waals surface area contributed by atoms with Crippen LogP contribution in [0.25, 0.3) is 0 Å². The topological polar surface area (TPSA) is 57.6 Å². The van der Waals surface area contributed by atoms with Crippen LogP contribution in [0.1, 0.15) is 35.7 Å². The fourth-order valence-electron chi connectivity index (χ4n) is 2.18. The summed E-state index contributed by atoms with van der Waals surface area (Å²) in [4.78, 5) is 24.3. The van der Waals surface area contributed by atoms with E-state index in [4.69, 9.17) is 5.11 Å². The molecule has 1 atom stereocenters. The monoisotopic (exact) mass is 319 g/mol. The number of aliphatic carboxylic acids is 1. The van der Waals surface area contributed by atoms with Crippen LogP contribution in [0.4, 0.5) is 17.6 Å². The maximum atomic E-state index is 14.0. The highest BCUT2D eigenvalue weighted by molar-refractivity contribution is 5.97. The predicted molar refractivity (Wildman–Crippen MR) is 67.7 cm³/mol. The lowest BCUT2D eigenvalue weighted by atomic mass is 10.1. The molecule has 8 heteroatoms. The maximum absolute atomic E-state index is 14.0. The molecule has 1 aromatic carbocycles. The fraction of sp³-hybridized carbons (Fsp3) is 0.429. The molecule has 1 fully saturated rings. The first-order valence-electron chi connectivity index (χ1n) is 6.55. The van der Waals surface area contributed by atoms with Crippen molar-refractivity contribution in [2.45, 2.75) is 38.0 Å². The van der Waals surface area contributed by atoms with Gasteiger partial charge in [-0.2, -0.15) is 13.2 Å². The number of alkyl halides is 3. The standard InChI is InChI=1S/C14H13F4NO3/c1-7(13(21)22)19(8-5-6-8)12(20)9-3-2-4-10(11(9)15)14(16,17)18/h2-4,7-8H,5-6H2,1H3,(H,21,22). The van der Waals surface area contributed by atoms with Gasteiger partial charge in [-0.15, -0.1) is 0 Å². The number of nitrogens with zero attached hydrogens (tertiary/aromatic N) is 1. The Morgan fingerprint density at radius 3 is 2.36 bits per heavy atom. The van der Waals surface area contributed by atoms with Crippen LogP contribution in [0.2, 0.25) is 0 Å². The maximum Gasteiger partial charge on any atom is 0.419 e. The van der Waals surface area contributed by atoms with Crippen molar-refractivity contribution in [3.05, 3.63) is 35.1 Å². The van der Waals surface area contributed by atoms with Crippen molar-refractivity contribution in [3.63, 3.8) is 0 Å². The second kappa shape index (κ2) is 5.58. The number of carboxylic acid groups (broad SMARTS) is 1. The van der Waals surface area contributed by atoms with Gasteiger partial charge in [0, 0.05) is 6.04 Å². The Kier molecular flexibility index (Phi) is 4.12. The summed E-state index contributed by atoms with van der Waals surface area (Å²) in [5.74, 6) is -4.02. The lowest BCUT2D eigenvalue weighted by Crippen LogP contribution is -2.45. The van der Waals surface area contributed by atoms with Crippen LogP contribution in [0.15, 0.2) is 18.2 Å². The van der Waals surface area contributed by atoms with Crippen LogP contribution in [-0.4, -0.2) is 34.0 Å². The normalized spacial score (nSPS) is 16.2. The molecule has 1 aliphatic rings. The van der Waals surface area contributed by atoms with Crippen molar-refractivity contribution >= 4 is 11.9 Å². The Hall–Kier alpha value is -2.12. The van der Waals surface area contributed by atoms with E-state index < -0.39 is 41.0 Å². The summed E-state index contributed by atoms with van der Waals surface area (Å²) >= 11 is 0. The number of halogens is 4. The van der Waals surface area contributed by atoms with Crippen LogP contribution < -0.4 is 0 Å². The SMILES string of the molecule is CC(C(=O)O)N(C(=O)c1cccc(C(F)(F)F)c1F)C1CC1. The molecule has 0 heterocycles. The van der Waals surface area contributed by atoms with Crippen molar-refractivity contribution in [1.29, 1.82) is 0 Å². The van der Waals surface area contributed by atoms with Gasteiger partial charge < -0.3 is 10.0 Å². The quantitative estimate of drug-likeness (QED) is 0.868.